The average molecular weight is 282 g/mol. The quantitative estimate of drug-likeness (QED) is 0.843. The van der Waals surface area contributed by atoms with E-state index in [1.165, 1.54) is 5.56 Å². The van der Waals surface area contributed by atoms with E-state index < -0.39 is 0 Å². The highest BCUT2D eigenvalue weighted by atomic mass is 35.5. The molecular formula is C14H13Cl2NO. The molecule has 0 aromatic heterocycles. The summed E-state index contributed by atoms with van der Waals surface area (Å²) in [6.07, 6.45) is 0. The van der Waals surface area contributed by atoms with E-state index in [4.69, 9.17) is 33.7 Å². The number of anilines is 1. The topological polar surface area (TPSA) is 35.2 Å². The molecule has 0 spiro atoms. The molecule has 0 heterocycles. The van der Waals surface area contributed by atoms with Gasteiger partial charge in [0.25, 0.3) is 0 Å². The van der Waals surface area contributed by atoms with E-state index in [1.807, 2.05) is 31.2 Å². The van der Waals surface area contributed by atoms with Gasteiger partial charge in [-0.15, -0.1) is 0 Å². The van der Waals surface area contributed by atoms with Crippen molar-refractivity contribution >= 4 is 28.9 Å². The van der Waals surface area contributed by atoms with E-state index in [0.29, 0.717) is 28.1 Å². The fraction of sp³-hybridized carbons (Fsp3) is 0.143. The van der Waals surface area contributed by atoms with Crippen LogP contribution in [0.25, 0.3) is 0 Å². The number of nitrogens with two attached hydrogens (primary N) is 1. The third kappa shape index (κ3) is 2.89. The monoisotopic (exact) mass is 281 g/mol. The molecule has 0 amide bonds. The van der Waals surface area contributed by atoms with Crippen LogP contribution in [0.5, 0.6) is 5.75 Å². The second-order valence-corrected chi connectivity index (χ2v) is 4.83. The highest BCUT2D eigenvalue weighted by molar-refractivity contribution is 6.39. The summed E-state index contributed by atoms with van der Waals surface area (Å²) in [4.78, 5) is 0. The molecule has 2 aromatic rings. The van der Waals surface area contributed by atoms with Gasteiger partial charge < -0.3 is 10.5 Å². The Morgan fingerprint density at radius 3 is 2.33 bits per heavy atom. The normalized spacial score (nSPS) is 10.4. The Hall–Kier alpha value is -1.38. The summed E-state index contributed by atoms with van der Waals surface area (Å²) >= 11 is 11.9. The van der Waals surface area contributed by atoms with Gasteiger partial charge in [0.05, 0.1) is 15.7 Å². The summed E-state index contributed by atoms with van der Waals surface area (Å²) < 4.78 is 5.67. The molecule has 0 radical (unpaired) electrons. The van der Waals surface area contributed by atoms with Crippen molar-refractivity contribution in [1.29, 1.82) is 0 Å². The minimum Gasteiger partial charge on any atom is -0.489 e. The lowest BCUT2D eigenvalue weighted by Gasteiger charge is -2.10. The van der Waals surface area contributed by atoms with Crippen LogP contribution in [-0.4, -0.2) is 0 Å². The van der Waals surface area contributed by atoms with Crippen LogP contribution in [0.1, 0.15) is 11.1 Å². The van der Waals surface area contributed by atoms with Gasteiger partial charge in [0.2, 0.25) is 0 Å². The predicted molar refractivity (Wildman–Crippen MR) is 76.4 cm³/mol. The van der Waals surface area contributed by atoms with E-state index in [-0.39, 0.29) is 0 Å². The van der Waals surface area contributed by atoms with Crippen LogP contribution in [0.3, 0.4) is 0 Å². The summed E-state index contributed by atoms with van der Waals surface area (Å²) in [6.45, 7) is 2.52. The maximum Gasteiger partial charge on any atom is 0.122 e. The van der Waals surface area contributed by atoms with Crippen molar-refractivity contribution in [1.82, 2.24) is 0 Å². The zero-order valence-corrected chi connectivity index (χ0v) is 11.4. The molecule has 0 aliphatic rings. The Morgan fingerprint density at radius 1 is 1.11 bits per heavy atom. The largest absolute Gasteiger partial charge is 0.489 e. The SMILES string of the molecule is Cc1ccccc1COc1cc(Cl)c(N)c(Cl)c1. The first kappa shape index (κ1) is 13.1. The number of hydrogen-bond donors (Lipinski definition) is 1. The van der Waals surface area contributed by atoms with Gasteiger partial charge in [0, 0.05) is 12.1 Å². The first-order valence-corrected chi connectivity index (χ1v) is 6.25. The Kier molecular flexibility index (Phi) is 4.00. The molecule has 0 aliphatic heterocycles. The van der Waals surface area contributed by atoms with E-state index >= 15 is 0 Å². The smallest absolute Gasteiger partial charge is 0.122 e. The van der Waals surface area contributed by atoms with E-state index in [0.717, 1.165) is 5.56 Å². The van der Waals surface area contributed by atoms with Crippen molar-refractivity contribution in [3.63, 3.8) is 0 Å². The van der Waals surface area contributed by atoms with Gasteiger partial charge in [-0.1, -0.05) is 47.5 Å². The molecule has 0 aliphatic carbocycles. The van der Waals surface area contributed by atoms with Crippen LogP contribution in [0.4, 0.5) is 5.69 Å². The molecule has 0 atom stereocenters. The minimum absolute atomic E-state index is 0.376. The summed E-state index contributed by atoms with van der Waals surface area (Å²) in [7, 11) is 0. The second kappa shape index (κ2) is 5.51. The fourth-order valence-corrected chi connectivity index (χ4v) is 2.04. The van der Waals surface area contributed by atoms with Crippen molar-refractivity contribution in [2.45, 2.75) is 13.5 Å². The van der Waals surface area contributed by atoms with Crippen molar-refractivity contribution in [3.8, 4) is 5.75 Å². The van der Waals surface area contributed by atoms with Crippen molar-refractivity contribution in [2.24, 2.45) is 0 Å². The third-order valence-corrected chi connectivity index (χ3v) is 3.33. The molecule has 0 saturated heterocycles. The van der Waals surface area contributed by atoms with Crippen LogP contribution in [0.15, 0.2) is 36.4 Å². The summed E-state index contributed by atoms with van der Waals surface area (Å²) in [5.41, 5.74) is 8.35. The lowest BCUT2D eigenvalue weighted by molar-refractivity contribution is 0.305. The third-order valence-electron chi connectivity index (χ3n) is 2.71. The van der Waals surface area contributed by atoms with Gasteiger partial charge in [0.1, 0.15) is 12.4 Å². The van der Waals surface area contributed by atoms with Crippen molar-refractivity contribution in [2.75, 3.05) is 5.73 Å². The van der Waals surface area contributed by atoms with Crippen molar-refractivity contribution < 1.29 is 4.74 Å². The lowest BCUT2D eigenvalue weighted by Crippen LogP contribution is -1.98. The van der Waals surface area contributed by atoms with Gasteiger partial charge in [-0.25, -0.2) is 0 Å². The van der Waals surface area contributed by atoms with Gasteiger partial charge in [-0.2, -0.15) is 0 Å². The molecule has 2 aromatic carbocycles. The zero-order chi connectivity index (χ0) is 13.1. The molecule has 0 unspecified atom stereocenters. The summed E-state index contributed by atoms with van der Waals surface area (Å²) in [6, 6.07) is 11.4. The highest BCUT2D eigenvalue weighted by Crippen LogP contribution is 2.32. The minimum atomic E-state index is 0.376. The molecule has 94 valence electrons. The molecule has 2 N–H and O–H groups in total. The molecule has 2 nitrogen and oxygen atoms in total. The van der Waals surface area contributed by atoms with E-state index in [2.05, 4.69) is 0 Å². The Morgan fingerprint density at radius 2 is 1.72 bits per heavy atom. The Bertz CT molecular complexity index is 546. The second-order valence-electron chi connectivity index (χ2n) is 4.02. The van der Waals surface area contributed by atoms with Crippen LogP contribution in [-0.2, 0) is 6.61 Å². The number of benzene rings is 2. The number of hydrogen-bond acceptors (Lipinski definition) is 2. The number of aryl methyl sites for hydroxylation is 1. The van der Waals surface area contributed by atoms with Crippen LogP contribution in [0.2, 0.25) is 10.0 Å². The maximum atomic E-state index is 5.94. The van der Waals surface area contributed by atoms with Crippen LogP contribution < -0.4 is 10.5 Å². The summed E-state index contributed by atoms with van der Waals surface area (Å²) in [5.74, 6) is 0.613. The first-order valence-electron chi connectivity index (χ1n) is 5.50. The molecule has 0 fully saturated rings. The molecule has 0 saturated carbocycles. The lowest BCUT2D eigenvalue weighted by atomic mass is 10.1. The average Bonchev–Trinajstić information content (AvgIpc) is 2.35. The number of halogens is 2. The standard InChI is InChI=1S/C14H13Cl2NO/c1-9-4-2-3-5-10(9)8-18-11-6-12(15)14(17)13(16)7-11/h2-7H,8,17H2,1H3. The maximum absolute atomic E-state index is 5.94. The first-order chi connectivity index (χ1) is 8.58. The van der Waals surface area contributed by atoms with Gasteiger partial charge >= 0.3 is 0 Å². The van der Waals surface area contributed by atoms with E-state index in [1.54, 1.807) is 12.1 Å². The van der Waals surface area contributed by atoms with E-state index in [9.17, 15) is 0 Å². The fourth-order valence-electron chi connectivity index (χ4n) is 1.58. The summed E-state index contributed by atoms with van der Waals surface area (Å²) in [5, 5.41) is 0.810. The molecule has 2 rings (SSSR count). The van der Waals surface area contributed by atoms with Gasteiger partial charge in [-0.05, 0) is 18.1 Å². The molecule has 4 heteroatoms. The number of nitrogen functional groups attached to an aromatic ring is 1. The molecule has 0 bridgehead atoms. The van der Waals surface area contributed by atoms with Gasteiger partial charge in [0.15, 0.2) is 0 Å². The number of rotatable bonds is 3. The molecular weight excluding hydrogens is 269 g/mol. The van der Waals surface area contributed by atoms with Crippen LogP contribution >= 0.6 is 23.2 Å². The highest BCUT2D eigenvalue weighted by Gasteiger charge is 2.06. The van der Waals surface area contributed by atoms with Gasteiger partial charge in [-0.3, -0.25) is 0 Å². The van der Waals surface area contributed by atoms with Crippen molar-refractivity contribution in [3.05, 3.63) is 57.6 Å². The Balaban J connectivity index is 2.14. The Labute approximate surface area is 116 Å². The number of ether oxygens (including phenoxy) is 1. The zero-order valence-electron chi connectivity index (χ0n) is 9.91. The molecule has 18 heavy (non-hydrogen) atoms. The predicted octanol–water partition coefficient (Wildman–Crippen LogP) is 4.46. The van der Waals surface area contributed by atoms with Crippen LogP contribution in [0, 0.1) is 6.92 Å².